The first-order valence-corrected chi connectivity index (χ1v) is 9.90. The number of nitrogens with zero attached hydrogens (tertiary/aromatic N) is 2. The van der Waals surface area contributed by atoms with Crippen molar-refractivity contribution in [1.82, 2.24) is 8.96 Å². The zero-order chi connectivity index (χ0) is 21.8. The van der Waals surface area contributed by atoms with Crippen LogP contribution in [-0.2, 0) is 10.0 Å². The lowest BCUT2D eigenvalue weighted by molar-refractivity contribution is 0.381. The maximum Gasteiger partial charge on any atom is 0.269 e. The lowest BCUT2D eigenvalue weighted by Crippen LogP contribution is -2.16. The van der Waals surface area contributed by atoms with Gasteiger partial charge in [0.15, 0.2) is 29.1 Å². The van der Waals surface area contributed by atoms with Crippen molar-refractivity contribution in [1.29, 1.82) is 0 Å². The largest absolute Gasteiger partial charge is 0.269 e. The van der Waals surface area contributed by atoms with Gasteiger partial charge in [0, 0.05) is 0 Å². The molecule has 0 saturated heterocycles. The molecule has 154 valence electrons. The van der Waals surface area contributed by atoms with Crippen LogP contribution in [0.5, 0.6) is 0 Å². The van der Waals surface area contributed by atoms with Crippen molar-refractivity contribution in [3.05, 3.63) is 83.2 Å². The van der Waals surface area contributed by atoms with Crippen molar-refractivity contribution in [2.75, 3.05) is 0 Å². The van der Waals surface area contributed by atoms with Gasteiger partial charge in [0.05, 0.1) is 21.5 Å². The molecular formula is C20H11F5N2O2S. The molecule has 0 saturated carbocycles. The number of benzene rings is 3. The van der Waals surface area contributed by atoms with Crippen molar-refractivity contribution in [3.8, 4) is 11.4 Å². The average Bonchev–Trinajstić information content (AvgIpc) is 3.11. The molecule has 0 bridgehead atoms. The molecule has 0 aliphatic carbocycles. The van der Waals surface area contributed by atoms with Gasteiger partial charge in [-0.3, -0.25) is 0 Å². The van der Waals surface area contributed by atoms with E-state index in [-0.39, 0.29) is 15.9 Å². The molecular weight excluding hydrogens is 427 g/mol. The third-order valence-electron chi connectivity index (χ3n) is 4.51. The molecule has 1 heterocycles. The number of fused-ring (bicyclic) bond motifs is 1. The smallest absolute Gasteiger partial charge is 0.227 e. The van der Waals surface area contributed by atoms with Crippen LogP contribution in [0.2, 0.25) is 0 Å². The second-order valence-electron chi connectivity index (χ2n) is 6.45. The van der Waals surface area contributed by atoms with Crippen LogP contribution < -0.4 is 0 Å². The molecule has 0 atom stereocenters. The van der Waals surface area contributed by atoms with Gasteiger partial charge in [-0.05, 0) is 31.2 Å². The van der Waals surface area contributed by atoms with E-state index in [9.17, 15) is 30.4 Å². The first-order valence-electron chi connectivity index (χ1n) is 8.46. The van der Waals surface area contributed by atoms with Crippen molar-refractivity contribution in [2.45, 2.75) is 11.8 Å². The quantitative estimate of drug-likeness (QED) is 0.259. The van der Waals surface area contributed by atoms with E-state index in [0.29, 0.717) is 3.97 Å². The van der Waals surface area contributed by atoms with E-state index in [0.717, 1.165) is 5.56 Å². The summed E-state index contributed by atoms with van der Waals surface area (Å²) >= 11 is 0. The number of para-hydroxylation sites is 2. The second-order valence-corrected chi connectivity index (χ2v) is 8.24. The number of hydrogen-bond donors (Lipinski definition) is 0. The summed E-state index contributed by atoms with van der Waals surface area (Å²) in [5.41, 5.74) is -0.771. The Labute approximate surface area is 167 Å². The van der Waals surface area contributed by atoms with Crippen LogP contribution in [0.3, 0.4) is 0 Å². The molecule has 0 amide bonds. The summed E-state index contributed by atoms with van der Waals surface area (Å²) in [6.07, 6.45) is 0. The first kappa shape index (κ1) is 20.0. The zero-order valence-corrected chi connectivity index (χ0v) is 15.9. The van der Waals surface area contributed by atoms with Crippen LogP contribution in [-0.4, -0.2) is 17.4 Å². The van der Waals surface area contributed by atoms with E-state index in [1.807, 2.05) is 0 Å². The van der Waals surface area contributed by atoms with Crippen LogP contribution >= 0.6 is 0 Å². The summed E-state index contributed by atoms with van der Waals surface area (Å²) in [7, 11) is -4.50. The second kappa shape index (κ2) is 6.91. The van der Waals surface area contributed by atoms with E-state index in [1.165, 1.54) is 48.5 Å². The van der Waals surface area contributed by atoms with Crippen LogP contribution in [0, 0.1) is 36.0 Å². The topological polar surface area (TPSA) is 52.0 Å². The third-order valence-corrected chi connectivity index (χ3v) is 6.23. The van der Waals surface area contributed by atoms with Gasteiger partial charge >= 0.3 is 0 Å². The lowest BCUT2D eigenvalue weighted by Gasteiger charge is -2.13. The average molecular weight is 438 g/mol. The number of aromatic nitrogens is 2. The van der Waals surface area contributed by atoms with Crippen LogP contribution in [0.4, 0.5) is 22.0 Å². The summed E-state index contributed by atoms with van der Waals surface area (Å²) in [4.78, 5) is 3.63. The maximum atomic E-state index is 14.5. The Morgan fingerprint density at radius 1 is 0.767 bits per heavy atom. The standard InChI is InChI=1S/C20H11F5N2O2S/c1-10-6-8-11(9-7-10)30(28,29)27-13-5-3-2-4-12(13)26-20(27)14-15(21)17(23)19(25)18(24)16(14)22/h2-9H,1H3. The number of halogens is 5. The SMILES string of the molecule is Cc1ccc(S(=O)(=O)n2c(-c3c(F)c(F)c(F)c(F)c3F)nc3ccccc32)cc1. The molecule has 10 heteroatoms. The Morgan fingerprint density at radius 2 is 1.30 bits per heavy atom. The van der Waals surface area contributed by atoms with Crippen molar-refractivity contribution >= 4 is 21.1 Å². The predicted octanol–water partition coefficient (Wildman–Crippen LogP) is 4.94. The normalized spacial score (nSPS) is 11.9. The summed E-state index contributed by atoms with van der Waals surface area (Å²) < 4.78 is 97.1. The molecule has 0 N–H and O–H groups in total. The Balaban J connectivity index is 2.14. The fraction of sp³-hybridized carbons (Fsp3) is 0.0500. The molecule has 0 aliphatic rings. The minimum absolute atomic E-state index is 0.00729. The van der Waals surface area contributed by atoms with Gasteiger partial charge in [-0.2, -0.15) is 0 Å². The van der Waals surface area contributed by atoms with Gasteiger partial charge in [0.1, 0.15) is 0 Å². The lowest BCUT2D eigenvalue weighted by atomic mass is 10.1. The monoisotopic (exact) mass is 438 g/mol. The summed E-state index contributed by atoms with van der Waals surface area (Å²) in [6, 6.07) is 11.1. The van der Waals surface area contributed by atoms with Gasteiger partial charge < -0.3 is 0 Å². The van der Waals surface area contributed by atoms with Gasteiger partial charge in [0.25, 0.3) is 10.0 Å². The van der Waals surface area contributed by atoms with Gasteiger partial charge in [-0.25, -0.2) is 39.3 Å². The van der Waals surface area contributed by atoms with Gasteiger partial charge in [-0.15, -0.1) is 0 Å². The number of imidazole rings is 1. The predicted molar refractivity (Wildman–Crippen MR) is 98.7 cm³/mol. The fourth-order valence-electron chi connectivity index (χ4n) is 3.02. The van der Waals surface area contributed by atoms with Gasteiger partial charge in [0.2, 0.25) is 5.82 Å². The van der Waals surface area contributed by atoms with Crippen molar-refractivity contribution < 1.29 is 30.4 Å². The van der Waals surface area contributed by atoms with E-state index in [4.69, 9.17) is 0 Å². The summed E-state index contributed by atoms with van der Waals surface area (Å²) in [5, 5.41) is 0. The van der Waals surface area contributed by atoms with E-state index in [2.05, 4.69) is 4.98 Å². The fourth-order valence-corrected chi connectivity index (χ4v) is 4.49. The molecule has 30 heavy (non-hydrogen) atoms. The molecule has 1 aromatic heterocycles. The van der Waals surface area contributed by atoms with Crippen molar-refractivity contribution in [3.63, 3.8) is 0 Å². The number of hydrogen-bond acceptors (Lipinski definition) is 3. The van der Waals surface area contributed by atoms with E-state index in [1.54, 1.807) is 6.92 Å². The van der Waals surface area contributed by atoms with E-state index >= 15 is 0 Å². The Kier molecular flexibility index (Phi) is 4.61. The Morgan fingerprint density at radius 3 is 1.90 bits per heavy atom. The molecule has 0 unspecified atom stereocenters. The molecule has 4 aromatic rings. The molecule has 4 rings (SSSR count). The zero-order valence-electron chi connectivity index (χ0n) is 15.1. The molecule has 4 nitrogen and oxygen atoms in total. The van der Waals surface area contributed by atoms with E-state index < -0.39 is 50.5 Å². The molecule has 3 aromatic carbocycles. The van der Waals surface area contributed by atoms with Crippen LogP contribution in [0.25, 0.3) is 22.4 Å². The third kappa shape index (κ3) is 2.86. The Bertz CT molecular complexity index is 1380. The number of aryl methyl sites for hydroxylation is 1. The molecule has 0 spiro atoms. The highest BCUT2D eigenvalue weighted by molar-refractivity contribution is 7.90. The van der Waals surface area contributed by atoms with Crippen molar-refractivity contribution in [2.24, 2.45) is 0 Å². The highest BCUT2D eigenvalue weighted by atomic mass is 32.2. The maximum absolute atomic E-state index is 14.5. The minimum atomic E-state index is -4.50. The highest BCUT2D eigenvalue weighted by Gasteiger charge is 2.33. The van der Waals surface area contributed by atoms with Gasteiger partial charge in [-0.1, -0.05) is 29.8 Å². The van der Waals surface area contributed by atoms with Crippen LogP contribution in [0.15, 0.2) is 53.4 Å². The summed E-state index contributed by atoms with van der Waals surface area (Å²) in [5.74, 6) is -12.0. The Hall–Kier alpha value is -3.27. The van der Waals surface area contributed by atoms with Crippen LogP contribution in [0.1, 0.15) is 5.56 Å². The minimum Gasteiger partial charge on any atom is -0.227 e. The summed E-state index contributed by atoms with van der Waals surface area (Å²) in [6.45, 7) is 1.73. The molecule has 0 aliphatic heterocycles. The number of rotatable bonds is 3. The first-order chi connectivity index (χ1) is 14.1. The molecule has 0 fully saturated rings. The highest BCUT2D eigenvalue weighted by Crippen LogP contribution is 2.35. The molecule has 0 radical (unpaired) electrons.